The normalized spacial score (nSPS) is 14.3. The zero-order valence-electron chi connectivity index (χ0n) is 17.0. The van der Waals surface area contributed by atoms with Gasteiger partial charge in [0.05, 0.1) is 12.9 Å². The maximum atomic E-state index is 12.3. The minimum absolute atomic E-state index is 0. The number of halogens is 1. The van der Waals surface area contributed by atoms with Crippen LogP contribution < -0.4 is 10.1 Å². The number of aliphatic imine (C=N–C) groups is 1. The lowest BCUT2D eigenvalue weighted by molar-refractivity contribution is 0.0657. The van der Waals surface area contributed by atoms with Crippen LogP contribution in [0.1, 0.15) is 22.5 Å². The van der Waals surface area contributed by atoms with Crippen LogP contribution in [0.5, 0.6) is 5.75 Å². The number of ether oxygens (including phenoxy) is 1. The summed E-state index contributed by atoms with van der Waals surface area (Å²) in [5.41, 5.74) is 1.15. The Bertz CT molecular complexity index is 787. The lowest BCUT2D eigenvalue weighted by atomic mass is 10.2. The van der Waals surface area contributed by atoms with Crippen molar-refractivity contribution in [3.05, 3.63) is 54.0 Å². The zero-order chi connectivity index (χ0) is 19.8. The molecule has 2 aromatic rings. The van der Waals surface area contributed by atoms with Crippen LogP contribution in [0.15, 0.2) is 52.1 Å². The zero-order valence-corrected chi connectivity index (χ0v) is 19.3. The first-order valence-corrected chi connectivity index (χ1v) is 9.66. The Morgan fingerprint density at radius 1 is 1.14 bits per heavy atom. The number of para-hydroxylation sites is 1. The first kappa shape index (κ1) is 23.1. The molecule has 1 amide bonds. The lowest BCUT2D eigenvalue weighted by Gasteiger charge is -2.36. The summed E-state index contributed by atoms with van der Waals surface area (Å²) < 4.78 is 11.0. The second kappa shape index (κ2) is 11.7. The molecule has 3 rings (SSSR count). The van der Waals surface area contributed by atoms with Crippen LogP contribution in [-0.4, -0.2) is 68.0 Å². The van der Waals surface area contributed by atoms with E-state index in [4.69, 9.17) is 9.15 Å². The van der Waals surface area contributed by atoms with Gasteiger partial charge < -0.3 is 24.3 Å². The summed E-state index contributed by atoms with van der Waals surface area (Å²) in [7, 11) is 1.78. The third-order valence-electron chi connectivity index (χ3n) is 4.77. The van der Waals surface area contributed by atoms with Gasteiger partial charge in [-0.2, -0.15) is 0 Å². The molecule has 8 heteroatoms. The van der Waals surface area contributed by atoms with Gasteiger partial charge >= 0.3 is 0 Å². The number of benzene rings is 1. The summed E-state index contributed by atoms with van der Waals surface area (Å²) in [6, 6.07) is 11.5. The molecular weight excluding hydrogens is 483 g/mol. The average Bonchev–Trinajstić information content (AvgIpc) is 3.26. The van der Waals surface area contributed by atoms with Gasteiger partial charge in [-0.3, -0.25) is 9.79 Å². The average molecular weight is 512 g/mol. The van der Waals surface area contributed by atoms with Crippen LogP contribution in [0.4, 0.5) is 0 Å². The largest absolute Gasteiger partial charge is 0.493 e. The highest BCUT2D eigenvalue weighted by atomic mass is 127. The molecule has 1 aromatic heterocycles. The Hall–Kier alpha value is -2.23. The predicted octanol–water partition coefficient (Wildman–Crippen LogP) is 3.01. The Kier molecular flexibility index (Phi) is 9.30. The molecule has 7 nitrogen and oxygen atoms in total. The quantitative estimate of drug-likeness (QED) is 0.279. The van der Waals surface area contributed by atoms with E-state index < -0.39 is 0 Å². The molecule has 29 heavy (non-hydrogen) atoms. The summed E-state index contributed by atoms with van der Waals surface area (Å²) in [6.07, 6.45) is 2.41. The number of nitrogens with zero attached hydrogens (tertiary/aromatic N) is 3. The number of guanidine groups is 1. The highest BCUT2D eigenvalue weighted by molar-refractivity contribution is 14.0. The van der Waals surface area contributed by atoms with Gasteiger partial charge in [0, 0.05) is 39.8 Å². The SMILES string of the molecule is CN=C(NCCCOc1ccccc1C)N1CCN(C(=O)c2ccco2)CC1.I. The fourth-order valence-electron chi connectivity index (χ4n) is 3.18. The number of carbonyl (C=O) groups is 1. The molecule has 0 radical (unpaired) electrons. The molecule has 0 aliphatic carbocycles. The number of carbonyl (C=O) groups excluding carboxylic acids is 1. The summed E-state index contributed by atoms with van der Waals surface area (Å²) in [6.45, 7) is 6.26. The fraction of sp³-hybridized carbons (Fsp3) is 0.429. The molecule has 2 heterocycles. The van der Waals surface area contributed by atoms with E-state index in [-0.39, 0.29) is 29.9 Å². The molecule has 1 aliphatic rings. The van der Waals surface area contributed by atoms with Gasteiger partial charge in [0.25, 0.3) is 5.91 Å². The molecular formula is C21H29IN4O3. The van der Waals surface area contributed by atoms with E-state index in [1.54, 1.807) is 19.2 Å². The maximum absolute atomic E-state index is 12.3. The maximum Gasteiger partial charge on any atom is 0.289 e. The molecule has 1 aliphatic heterocycles. The Morgan fingerprint density at radius 2 is 1.86 bits per heavy atom. The van der Waals surface area contributed by atoms with Gasteiger partial charge in [0.2, 0.25) is 0 Å². The van der Waals surface area contributed by atoms with Crippen molar-refractivity contribution < 1.29 is 13.9 Å². The van der Waals surface area contributed by atoms with E-state index >= 15 is 0 Å². The summed E-state index contributed by atoms with van der Waals surface area (Å²) in [5, 5.41) is 3.39. The van der Waals surface area contributed by atoms with E-state index in [0.29, 0.717) is 25.5 Å². The number of nitrogens with one attached hydrogen (secondary N) is 1. The number of piperazine rings is 1. The number of hydrogen-bond donors (Lipinski definition) is 1. The van der Waals surface area contributed by atoms with E-state index in [1.807, 2.05) is 36.1 Å². The van der Waals surface area contributed by atoms with Crippen molar-refractivity contribution in [2.75, 3.05) is 46.4 Å². The molecule has 0 atom stereocenters. The lowest BCUT2D eigenvalue weighted by Crippen LogP contribution is -2.53. The number of aryl methyl sites for hydroxylation is 1. The highest BCUT2D eigenvalue weighted by Gasteiger charge is 2.24. The fourth-order valence-corrected chi connectivity index (χ4v) is 3.18. The van der Waals surface area contributed by atoms with Crippen LogP contribution in [-0.2, 0) is 0 Å². The minimum atomic E-state index is -0.0547. The smallest absolute Gasteiger partial charge is 0.289 e. The number of rotatable bonds is 6. The van der Waals surface area contributed by atoms with Crippen molar-refractivity contribution in [2.24, 2.45) is 4.99 Å². The van der Waals surface area contributed by atoms with E-state index in [2.05, 4.69) is 15.2 Å². The molecule has 0 spiro atoms. The van der Waals surface area contributed by atoms with E-state index in [9.17, 15) is 4.79 Å². The molecule has 0 bridgehead atoms. The first-order valence-electron chi connectivity index (χ1n) is 9.66. The van der Waals surface area contributed by atoms with Crippen LogP contribution in [0.3, 0.4) is 0 Å². The highest BCUT2D eigenvalue weighted by Crippen LogP contribution is 2.16. The number of hydrogen-bond acceptors (Lipinski definition) is 4. The van der Waals surface area contributed by atoms with Gasteiger partial charge in [-0.25, -0.2) is 0 Å². The monoisotopic (exact) mass is 512 g/mol. The topological polar surface area (TPSA) is 70.3 Å². The van der Waals surface area contributed by atoms with Crippen molar-refractivity contribution in [1.29, 1.82) is 0 Å². The van der Waals surface area contributed by atoms with Gasteiger partial charge in [-0.15, -0.1) is 24.0 Å². The predicted molar refractivity (Wildman–Crippen MR) is 124 cm³/mol. The number of amides is 1. The third kappa shape index (κ3) is 6.38. The molecule has 158 valence electrons. The molecule has 1 saturated heterocycles. The minimum Gasteiger partial charge on any atom is -0.493 e. The molecule has 0 unspecified atom stereocenters. The van der Waals surface area contributed by atoms with E-state index in [1.165, 1.54) is 6.26 Å². The molecule has 1 N–H and O–H groups in total. The van der Waals surface area contributed by atoms with Gasteiger partial charge in [-0.1, -0.05) is 18.2 Å². The van der Waals surface area contributed by atoms with E-state index in [0.717, 1.165) is 43.3 Å². The molecule has 1 aromatic carbocycles. The summed E-state index contributed by atoms with van der Waals surface area (Å²) in [5.74, 6) is 2.13. The van der Waals surface area contributed by atoms with Crippen LogP contribution in [0, 0.1) is 6.92 Å². The third-order valence-corrected chi connectivity index (χ3v) is 4.77. The van der Waals surface area contributed by atoms with Crippen LogP contribution in [0.2, 0.25) is 0 Å². The van der Waals surface area contributed by atoms with Crippen molar-refractivity contribution in [3.8, 4) is 5.75 Å². The molecule has 0 saturated carbocycles. The van der Waals surface area contributed by atoms with Gasteiger partial charge in [0.1, 0.15) is 5.75 Å². The van der Waals surface area contributed by atoms with Crippen molar-refractivity contribution in [3.63, 3.8) is 0 Å². The van der Waals surface area contributed by atoms with Gasteiger partial charge in [-0.05, 0) is 37.1 Å². The van der Waals surface area contributed by atoms with Crippen LogP contribution >= 0.6 is 24.0 Å². The Morgan fingerprint density at radius 3 is 2.52 bits per heavy atom. The van der Waals surface area contributed by atoms with Crippen molar-refractivity contribution >= 4 is 35.8 Å². The van der Waals surface area contributed by atoms with Crippen molar-refractivity contribution in [2.45, 2.75) is 13.3 Å². The number of furan rings is 1. The Labute approximate surface area is 189 Å². The van der Waals surface area contributed by atoms with Gasteiger partial charge in [0.15, 0.2) is 11.7 Å². The second-order valence-electron chi connectivity index (χ2n) is 6.70. The molecule has 1 fully saturated rings. The first-order chi connectivity index (χ1) is 13.7. The summed E-state index contributed by atoms with van der Waals surface area (Å²) >= 11 is 0. The second-order valence-corrected chi connectivity index (χ2v) is 6.70. The Balaban J connectivity index is 0.00000300. The summed E-state index contributed by atoms with van der Waals surface area (Å²) in [4.78, 5) is 20.7. The van der Waals surface area contributed by atoms with Crippen molar-refractivity contribution in [1.82, 2.24) is 15.1 Å². The standard InChI is InChI=1S/C21H28N4O3.HI/c1-17-7-3-4-8-18(17)27-16-6-10-23-21(22-2)25-13-11-24(12-14-25)20(26)19-9-5-15-28-19;/h3-5,7-9,15H,6,10-14,16H2,1-2H3,(H,22,23);1H. The van der Waals surface area contributed by atoms with Crippen LogP contribution in [0.25, 0.3) is 0 Å².